The molecule has 0 saturated heterocycles. The van der Waals surface area contributed by atoms with E-state index in [2.05, 4.69) is 52.9 Å². The van der Waals surface area contributed by atoms with E-state index in [4.69, 9.17) is 4.74 Å². The summed E-state index contributed by atoms with van der Waals surface area (Å²) in [6, 6.07) is 10.7. The lowest BCUT2D eigenvalue weighted by molar-refractivity contribution is 0.199. The number of ether oxygens (including phenoxy) is 1. The quantitative estimate of drug-likeness (QED) is 0.759. The van der Waals surface area contributed by atoms with Crippen LogP contribution in [-0.2, 0) is 11.2 Å². The lowest BCUT2D eigenvalue weighted by Gasteiger charge is -2.17. The molecule has 0 aliphatic carbocycles. The number of rotatable bonds is 8. The number of thiazole rings is 1. The maximum Gasteiger partial charge on any atom is 0.0897 e. The van der Waals surface area contributed by atoms with Crippen LogP contribution in [-0.4, -0.2) is 31.8 Å². The highest BCUT2D eigenvalue weighted by Crippen LogP contribution is 2.21. The van der Waals surface area contributed by atoms with Crippen LogP contribution in [0.5, 0.6) is 0 Å². The zero-order valence-corrected chi connectivity index (χ0v) is 13.0. The Labute approximate surface area is 125 Å². The van der Waals surface area contributed by atoms with Gasteiger partial charge in [0, 0.05) is 31.5 Å². The van der Waals surface area contributed by atoms with Gasteiger partial charge in [-0.15, -0.1) is 11.3 Å². The van der Waals surface area contributed by atoms with Crippen LogP contribution in [0.2, 0.25) is 0 Å². The van der Waals surface area contributed by atoms with Crippen molar-refractivity contribution in [2.24, 2.45) is 0 Å². The molecular formula is C16H22N2OS. The molecule has 1 aromatic heterocycles. The monoisotopic (exact) mass is 290 g/mol. The Morgan fingerprint density at radius 1 is 1.30 bits per heavy atom. The number of nitrogens with zero attached hydrogens (tertiary/aromatic N) is 1. The minimum atomic E-state index is 0.453. The van der Waals surface area contributed by atoms with Gasteiger partial charge in [0.05, 0.1) is 17.3 Å². The van der Waals surface area contributed by atoms with Crippen LogP contribution in [0.3, 0.4) is 0 Å². The van der Waals surface area contributed by atoms with Crippen molar-refractivity contribution in [2.75, 3.05) is 26.8 Å². The van der Waals surface area contributed by atoms with E-state index in [1.807, 2.05) is 0 Å². The van der Waals surface area contributed by atoms with E-state index in [-0.39, 0.29) is 0 Å². The summed E-state index contributed by atoms with van der Waals surface area (Å²) in [6.07, 6.45) is 0.980. The lowest BCUT2D eigenvalue weighted by Crippen LogP contribution is -2.26. The standard InChI is InChI=1S/C16H22N2OS/c1-13-18-16(12-20-13)10-15(11-17-8-9-19-2)14-6-4-3-5-7-14/h3-7,12,15,17H,8-11H2,1-2H3. The second-order valence-corrected chi connectivity index (χ2v) is 5.93. The maximum absolute atomic E-state index is 5.08. The van der Waals surface area contributed by atoms with Crippen molar-refractivity contribution in [3.05, 3.63) is 52.0 Å². The molecule has 1 N–H and O–H groups in total. The van der Waals surface area contributed by atoms with Crippen molar-refractivity contribution in [1.82, 2.24) is 10.3 Å². The third kappa shape index (κ3) is 4.71. The van der Waals surface area contributed by atoms with Gasteiger partial charge in [-0.1, -0.05) is 30.3 Å². The number of hydrogen-bond acceptors (Lipinski definition) is 4. The molecule has 20 heavy (non-hydrogen) atoms. The fourth-order valence-electron chi connectivity index (χ4n) is 2.24. The van der Waals surface area contributed by atoms with Gasteiger partial charge in [-0.2, -0.15) is 0 Å². The SMILES string of the molecule is COCCNCC(Cc1csc(C)n1)c1ccccc1. The molecular weight excluding hydrogens is 268 g/mol. The van der Waals surface area contributed by atoms with Gasteiger partial charge >= 0.3 is 0 Å². The van der Waals surface area contributed by atoms with Crippen LogP contribution in [0.1, 0.15) is 22.2 Å². The Morgan fingerprint density at radius 3 is 2.75 bits per heavy atom. The number of methoxy groups -OCH3 is 1. The number of benzene rings is 1. The summed E-state index contributed by atoms with van der Waals surface area (Å²) in [5.74, 6) is 0.453. The largest absolute Gasteiger partial charge is 0.383 e. The fraction of sp³-hybridized carbons (Fsp3) is 0.438. The highest BCUT2D eigenvalue weighted by molar-refractivity contribution is 7.09. The maximum atomic E-state index is 5.08. The van der Waals surface area contributed by atoms with E-state index >= 15 is 0 Å². The first-order valence-electron chi connectivity index (χ1n) is 6.95. The van der Waals surface area contributed by atoms with Crippen LogP contribution in [0.15, 0.2) is 35.7 Å². The summed E-state index contributed by atoms with van der Waals surface area (Å²) in [6.45, 7) is 4.64. The Hall–Kier alpha value is -1.23. The second kappa shape index (κ2) is 8.15. The summed E-state index contributed by atoms with van der Waals surface area (Å²) >= 11 is 1.72. The van der Waals surface area contributed by atoms with Crippen LogP contribution in [0, 0.1) is 6.92 Å². The van der Waals surface area contributed by atoms with E-state index in [1.54, 1.807) is 18.4 Å². The van der Waals surface area contributed by atoms with Gasteiger partial charge in [-0.25, -0.2) is 4.98 Å². The number of aryl methyl sites for hydroxylation is 1. The molecule has 0 amide bonds. The van der Waals surface area contributed by atoms with Crippen LogP contribution in [0.4, 0.5) is 0 Å². The van der Waals surface area contributed by atoms with Crippen molar-refractivity contribution in [1.29, 1.82) is 0 Å². The van der Waals surface area contributed by atoms with E-state index in [9.17, 15) is 0 Å². The zero-order valence-electron chi connectivity index (χ0n) is 12.1. The molecule has 1 heterocycles. The van der Waals surface area contributed by atoms with Gasteiger partial charge in [0.1, 0.15) is 0 Å². The van der Waals surface area contributed by atoms with Crippen molar-refractivity contribution < 1.29 is 4.74 Å². The molecule has 1 unspecified atom stereocenters. The van der Waals surface area contributed by atoms with Gasteiger partial charge < -0.3 is 10.1 Å². The third-order valence-electron chi connectivity index (χ3n) is 3.27. The van der Waals surface area contributed by atoms with Crippen LogP contribution in [0.25, 0.3) is 0 Å². The van der Waals surface area contributed by atoms with Gasteiger partial charge in [0.2, 0.25) is 0 Å². The highest BCUT2D eigenvalue weighted by Gasteiger charge is 2.13. The Kier molecular flexibility index (Phi) is 6.18. The lowest BCUT2D eigenvalue weighted by atomic mass is 9.94. The molecule has 0 radical (unpaired) electrons. The van der Waals surface area contributed by atoms with Crippen molar-refractivity contribution in [3.63, 3.8) is 0 Å². The van der Waals surface area contributed by atoms with Crippen LogP contribution >= 0.6 is 11.3 Å². The van der Waals surface area contributed by atoms with Gasteiger partial charge in [-0.05, 0) is 18.9 Å². The van der Waals surface area contributed by atoms with Crippen LogP contribution < -0.4 is 5.32 Å². The average Bonchev–Trinajstić information content (AvgIpc) is 2.88. The van der Waals surface area contributed by atoms with E-state index in [1.165, 1.54) is 11.3 Å². The van der Waals surface area contributed by atoms with E-state index < -0.39 is 0 Å². The smallest absolute Gasteiger partial charge is 0.0897 e. The molecule has 3 nitrogen and oxygen atoms in total. The molecule has 0 saturated carbocycles. The summed E-state index contributed by atoms with van der Waals surface area (Å²) < 4.78 is 5.08. The highest BCUT2D eigenvalue weighted by atomic mass is 32.1. The molecule has 0 aliphatic heterocycles. The van der Waals surface area contributed by atoms with Gasteiger partial charge in [0.25, 0.3) is 0 Å². The minimum Gasteiger partial charge on any atom is -0.383 e. The van der Waals surface area contributed by atoms with E-state index in [0.717, 1.165) is 31.1 Å². The third-order valence-corrected chi connectivity index (χ3v) is 4.09. The Balaban J connectivity index is 2.00. The molecule has 0 spiro atoms. The topological polar surface area (TPSA) is 34.1 Å². The molecule has 0 fully saturated rings. The first kappa shape index (κ1) is 15.2. The number of hydrogen-bond donors (Lipinski definition) is 1. The molecule has 0 bridgehead atoms. The van der Waals surface area contributed by atoms with Gasteiger partial charge in [0.15, 0.2) is 0 Å². The number of nitrogens with one attached hydrogen (secondary N) is 1. The predicted molar refractivity (Wildman–Crippen MR) is 84.5 cm³/mol. The van der Waals surface area contributed by atoms with Crippen molar-refractivity contribution in [3.8, 4) is 0 Å². The summed E-state index contributed by atoms with van der Waals surface area (Å²) in [5, 5.41) is 6.77. The summed E-state index contributed by atoms with van der Waals surface area (Å²) in [4.78, 5) is 4.59. The molecule has 1 atom stereocenters. The molecule has 4 heteroatoms. The fourth-order valence-corrected chi connectivity index (χ4v) is 2.86. The summed E-state index contributed by atoms with van der Waals surface area (Å²) in [5.41, 5.74) is 2.55. The summed E-state index contributed by atoms with van der Waals surface area (Å²) in [7, 11) is 1.73. The molecule has 0 aliphatic rings. The molecule has 108 valence electrons. The van der Waals surface area contributed by atoms with Crippen molar-refractivity contribution in [2.45, 2.75) is 19.3 Å². The first-order valence-corrected chi connectivity index (χ1v) is 7.83. The normalized spacial score (nSPS) is 12.5. The van der Waals surface area contributed by atoms with E-state index in [0.29, 0.717) is 5.92 Å². The number of aromatic nitrogens is 1. The van der Waals surface area contributed by atoms with Crippen molar-refractivity contribution >= 4 is 11.3 Å². The average molecular weight is 290 g/mol. The minimum absolute atomic E-state index is 0.453. The van der Waals surface area contributed by atoms with Gasteiger partial charge in [-0.3, -0.25) is 0 Å². The molecule has 2 rings (SSSR count). The Morgan fingerprint density at radius 2 is 2.10 bits per heavy atom. The first-order chi connectivity index (χ1) is 9.79. The zero-order chi connectivity index (χ0) is 14.2. The molecule has 1 aromatic carbocycles. The second-order valence-electron chi connectivity index (χ2n) is 4.87. The Bertz CT molecular complexity index is 498. The molecule has 2 aromatic rings. The predicted octanol–water partition coefficient (Wildman–Crippen LogP) is 3.01.